The van der Waals surface area contributed by atoms with Crippen molar-refractivity contribution < 1.29 is 0 Å². The highest BCUT2D eigenvalue weighted by atomic mass is 15.1. The third-order valence-electron chi connectivity index (χ3n) is 14.5. The zero-order valence-corrected chi connectivity index (χ0v) is 36.6. The molecule has 10 aromatic carbocycles. The molecule has 0 aliphatic heterocycles. The molecule has 12 rings (SSSR count). The molecule has 65 heavy (non-hydrogen) atoms. The predicted octanol–water partition coefficient (Wildman–Crippen LogP) is 16.8. The standard InChI is InChI=1S/C64H47N/c1-63(48-24-11-5-12-25-48)57-31-17-15-29-54(57)55-40-38-50(42-59(55)63)65(61-33-18-16-28-52(61)47-36-34-45(35-37-47)44-20-7-3-8-21-44)51-39-41-56-60(43-51)64(2,49-26-13-6-14-27-49)58-32-19-30-53(62(56)58)46-22-9-4-10-23-46/h3-43H,1-2H3. The average molecular weight is 830 g/mol. The SMILES string of the molecule is CC1(c2ccccc2)c2ccccc2-c2ccc(N(c3ccc4c(c3)C(C)(c3ccccc3)c3cccc(-c5ccccc5)c3-4)c3ccccc3-c3ccc(-c4ccccc4)cc3)cc21. The summed E-state index contributed by atoms with van der Waals surface area (Å²) in [7, 11) is 0. The van der Waals surface area contributed by atoms with Gasteiger partial charge < -0.3 is 4.90 Å². The van der Waals surface area contributed by atoms with Crippen LogP contribution in [0.4, 0.5) is 17.1 Å². The van der Waals surface area contributed by atoms with Crippen LogP contribution in [0.5, 0.6) is 0 Å². The van der Waals surface area contributed by atoms with Crippen molar-refractivity contribution in [2.75, 3.05) is 4.90 Å². The molecule has 0 fully saturated rings. The van der Waals surface area contributed by atoms with Crippen LogP contribution in [0.25, 0.3) is 55.6 Å². The number of hydrogen-bond donors (Lipinski definition) is 0. The first-order valence-electron chi connectivity index (χ1n) is 22.8. The number of para-hydroxylation sites is 1. The Labute approximate surface area is 382 Å². The molecule has 2 atom stereocenters. The topological polar surface area (TPSA) is 3.24 Å². The van der Waals surface area contributed by atoms with E-state index in [1.54, 1.807) is 0 Å². The first-order valence-corrected chi connectivity index (χ1v) is 22.8. The Bertz CT molecular complexity index is 3370. The fourth-order valence-corrected chi connectivity index (χ4v) is 11.2. The van der Waals surface area contributed by atoms with Gasteiger partial charge in [-0.1, -0.05) is 218 Å². The first-order chi connectivity index (χ1) is 32.0. The van der Waals surface area contributed by atoms with E-state index in [4.69, 9.17) is 0 Å². The van der Waals surface area contributed by atoms with Crippen molar-refractivity contribution in [2.45, 2.75) is 24.7 Å². The van der Waals surface area contributed by atoms with Crippen molar-refractivity contribution in [3.8, 4) is 55.6 Å². The molecule has 2 unspecified atom stereocenters. The summed E-state index contributed by atoms with van der Waals surface area (Å²) < 4.78 is 0. The molecule has 0 radical (unpaired) electrons. The molecule has 0 heterocycles. The Balaban J connectivity index is 1.10. The molecule has 0 saturated carbocycles. The van der Waals surface area contributed by atoms with Crippen molar-refractivity contribution >= 4 is 17.1 Å². The number of anilines is 3. The molecule has 0 spiro atoms. The normalized spacial score (nSPS) is 16.6. The van der Waals surface area contributed by atoms with Crippen LogP contribution in [0.3, 0.4) is 0 Å². The van der Waals surface area contributed by atoms with E-state index in [0.29, 0.717) is 0 Å². The summed E-state index contributed by atoms with van der Waals surface area (Å²) in [6.45, 7) is 4.83. The first kappa shape index (κ1) is 38.7. The molecule has 10 aromatic rings. The third kappa shape index (κ3) is 6.07. The molecular formula is C64H47N. The van der Waals surface area contributed by atoms with E-state index in [0.717, 1.165) is 17.1 Å². The fraction of sp³-hybridized carbons (Fsp3) is 0.0625. The Kier molecular flexibility index (Phi) is 9.14. The zero-order valence-electron chi connectivity index (χ0n) is 36.6. The second-order valence-corrected chi connectivity index (χ2v) is 17.9. The monoisotopic (exact) mass is 829 g/mol. The van der Waals surface area contributed by atoms with E-state index >= 15 is 0 Å². The second-order valence-electron chi connectivity index (χ2n) is 17.9. The Morgan fingerprint density at radius 1 is 0.277 bits per heavy atom. The Hall–Kier alpha value is -8.00. The quantitative estimate of drug-likeness (QED) is 0.147. The van der Waals surface area contributed by atoms with Crippen molar-refractivity contribution in [2.24, 2.45) is 0 Å². The van der Waals surface area contributed by atoms with Crippen LogP contribution in [-0.4, -0.2) is 0 Å². The minimum atomic E-state index is -0.406. The largest absolute Gasteiger partial charge is 0.310 e. The lowest BCUT2D eigenvalue weighted by atomic mass is 9.74. The summed E-state index contributed by atoms with van der Waals surface area (Å²) in [5, 5.41) is 0. The van der Waals surface area contributed by atoms with Crippen LogP contribution in [0.1, 0.15) is 47.2 Å². The minimum Gasteiger partial charge on any atom is -0.310 e. The highest BCUT2D eigenvalue weighted by Crippen LogP contribution is 2.58. The van der Waals surface area contributed by atoms with Gasteiger partial charge in [0.05, 0.1) is 5.69 Å². The maximum atomic E-state index is 2.52. The molecule has 1 nitrogen and oxygen atoms in total. The number of fused-ring (bicyclic) bond motifs is 6. The average Bonchev–Trinajstić information content (AvgIpc) is 3.80. The van der Waals surface area contributed by atoms with Gasteiger partial charge in [-0.05, 0) is 128 Å². The highest BCUT2D eigenvalue weighted by molar-refractivity contribution is 5.97. The van der Waals surface area contributed by atoms with Gasteiger partial charge in [0.15, 0.2) is 0 Å². The van der Waals surface area contributed by atoms with Gasteiger partial charge in [0.2, 0.25) is 0 Å². The second kappa shape index (κ2) is 15.4. The van der Waals surface area contributed by atoms with Gasteiger partial charge in [-0.15, -0.1) is 0 Å². The number of rotatable bonds is 8. The van der Waals surface area contributed by atoms with Crippen molar-refractivity contribution in [3.63, 3.8) is 0 Å². The summed E-state index contributed by atoms with van der Waals surface area (Å²) in [5.74, 6) is 0. The van der Waals surface area contributed by atoms with Crippen molar-refractivity contribution in [1.82, 2.24) is 0 Å². The molecular weight excluding hydrogens is 783 g/mol. The van der Waals surface area contributed by atoms with E-state index in [9.17, 15) is 0 Å². The molecule has 1 heteroatoms. The van der Waals surface area contributed by atoms with Gasteiger partial charge in [-0.3, -0.25) is 0 Å². The maximum absolute atomic E-state index is 2.52. The van der Waals surface area contributed by atoms with Gasteiger partial charge >= 0.3 is 0 Å². The molecule has 0 N–H and O–H groups in total. The van der Waals surface area contributed by atoms with Crippen LogP contribution in [-0.2, 0) is 10.8 Å². The van der Waals surface area contributed by atoms with Gasteiger partial charge in [-0.25, -0.2) is 0 Å². The summed E-state index contributed by atoms with van der Waals surface area (Å²) in [4.78, 5) is 2.52. The molecule has 0 aromatic heterocycles. The Morgan fingerprint density at radius 2 is 0.692 bits per heavy atom. The van der Waals surface area contributed by atoms with Crippen LogP contribution in [0.15, 0.2) is 249 Å². The van der Waals surface area contributed by atoms with Crippen molar-refractivity contribution in [1.29, 1.82) is 0 Å². The highest BCUT2D eigenvalue weighted by Gasteiger charge is 2.44. The lowest BCUT2D eigenvalue weighted by molar-refractivity contribution is 0.713. The van der Waals surface area contributed by atoms with Gasteiger partial charge in [0.25, 0.3) is 0 Å². The van der Waals surface area contributed by atoms with E-state index in [1.165, 1.54) is 89.0 Å². The number of hydrogen-bond acceptors (Lipinski definition) is 1. The summed E-state index contributed by atoms with van der Waals surface area (Å²) in [6, 6.07) is 91.9. The van der Waals surface area contributed by atoms with E-state index in [2.05, 4.69) is 267 Å². The van der Waals surface area contributed by atoms with Crippen LogP contribution >= 0.6 is 0 Å². The summed E-state index contributed by atoms with van der Waals surface area (Å²) >= 11 is 0. The molecule has 0 amide bonds. The summed E-state index contributed by atoms with van der Waals surface area (Å²) in [5.41, 5.74) is 22.9. The van der Waals surface area contributed by atoms with Crippen LogP contribution in [0, 0.1) is 0 Å². The maximum Gasteiger partial charge on any atom is 0.0540 e. The van der Waals surface area contributed by atoms with Gasteiger partial charge in [0.1, 0.15) is 0 Å². The van der Waals surface area contributed by atoms with Crippen LogP contribution in [0.2, 0.25) is 0 Å². The zero-order chi connectivity index (χ0) is 43.5. The lowest BCUT2D eigenvalue weighted by Gasteiger charge is -2.33. The van der Waals surface area contributed by atoms with Gasteiger partial charge in [-0.2, -0.15) is 0 Å². The van der Waals surface area contributed by atoms with E-state index < -0.39 is 5.41 Å². The lowest BCUT2D eigenvalue weighted by Crippen LogP contribution is -2.23. The van der Waals surface area contributed by atoms with E-state index in [-0.39, 0.29) is 5.41 Å². The van der Waals surface area contributed by atoms with Crippen LogP contribution < -0.4 is 4.90 Å². The number of benzene rings is 10. The molecule has 308 valence electrons. The fourth-order valence-electron chi connectivity index (χ4n) is 11.2. The Morgan fingerprint density at radius 3 is 1.34 bits per heavy atom. The molecule has 2 aliphatic rings. The predicted molar refractivity (Wildman–Crippen MR) is 272 cm³/mol. The smallest absolute Gasteiger partial charge is 0.0540 e. The number of nitrogens with zero attached hydrogens (tertiary/aromatic N) is 1. The van der Waals surface area contributed by atoms with E-state index in [1.807, 2.05) is 0 Å². The summed E-state index contributed by atoms with van der Waals surface area (Å²) in [6.07, 6.45) is 0. The van der Waals surface area contributed by atoms with Gasteiger partial charge in [0, 0.05) is 27.8 Å². The minimum absolute atomic E-state index is 0.346. The molecule has 0 saturated heterocycles. The molecule has 2 aliphatic carbocycles. The third-order valence-corrected chi connectivity index (χ3v) is 14.5. The van der Waals surface area contributed by atoms with Crippen molar-refractivity contribution in [3.05, 3.63) is 282 Å². The molecule has 0 bridgehead atoms.